The van der Waals surface area contributed by atoms with Crippen molar-refractivity contribution in [2.24, 2.45) is 5.92 Å². The number of thiazole rings is 1. The van der Waals surface area contributed by atoms with Crippen molar-refractivity contribution in [1.29, 1.82) is 5.26 Å². The van der Waals surface area contributed by atoms with Gasteiger partial charge < -0.3 is 19.9 Å². The van der Waals surface area contributed by atoms with Crippen LogP contribution in [-0.2, 0) is 16.1 Å². The Morgan fingerprint density at radius 2 is 1.82 bits per heavy atom. The summed E-state index contributed by atoms with van der Waals surface area (Å²) in [6.45, 7) is 8.71. The summed E-state index contributed by atoms with van der Waals surface area (Å²) in [5, 5.41) is 13.7. The van der Waals surface area contributed by atoms with E-state index in [1.807, 2.05) is 58.0 Å². The molecule has 228 valence electrons. The Labute approximate surface area is 260 Å². The number of carbonyl (C=O) groups excluding carboxylic acids is 3. The summed E-state index contributed by atoms with van der Waals surface area (Å²) in [5.41, 5.74) is 3.71. The molecule has 10 nitrogen and oxygen atoms in total. The number of ether oxygens (including phenoxy) is 1. The molecule has 1 aromatic carbocycles. The smallest absolute Gasteiger partial charge is 0.295 e. The molecule has 0 aliphatic carbocycles. The highest BCUT2D eigenvalue weighted by molar-refractivity contribution is 7.15. The van der Waals surface area contributed by atoms with E-state index in [1.54, 1.807) is 6.20 Å². The summed E-state index contributed by atoms with van der Waals surface area (Å²) in [5.74, 6) is -1.06. The van der Waals surface area contributed by atoms with Gasteiger partial charge >= 0.3 is 0 Å². The summed E-state index contributed by atoms with van der Waals surface area (Å²) in [7, 11) is 1.48. The number of H-pyrrole nitrogens is 1. The van der Waals surface area contributed by atoms with Gasteiger partial charge in [0, 0.05) is 36.3 Å². The molecule has 1 aliphatic rings. The summed E-state index contributed by atoms with van der Waals surface area (Å²) in [6, 6.07) is 11.8. The fraction of sp³-hybridized carbons (Fsp3) is 0.333. The number of methoxy groups -OCH3 is 1. The summed E-state index contributed by atoms with van der Waals surface area (Å²) >= 11 is 1.38. The number of carbonyl (C=O) groups is 3. The molecular weight excluding hydrogens is 576 g/mol. The Morgan fingerprint density at radius 3 is 2.45 bits per heavy atom. The molecule has 0 saturated carbocycles. The molecule has 0 atom stereocenters. The van der Waals surface area contributed by atoms with Crippen LogP contribution in [0.25, 0.3) is 27.2 Å². The van der Waals surface area contributed by atoms with E-state index >= 15 is 0 Å². The minimum Gasteiger partial charge on any atom is -0.494 e. The minimum atomic E-state index is -0.649. The molecule has 2 amide bonds. The third kappa shape index (κ3) is 6.71. The number of amides is 2. The van der Waals surface area contributed by atoms with Crippen LogP contribution in [0.2, 0.25) is 0 Å². The molecule has 3 aromatic heterocycles. The third-order valence-corrected chi connectivity index (χ3v) is 8.24. The monoisotopic (exact) mass is 612 g/mol. The van der Waals surface area contributed by atoms with E-state index < -0.39 is 11.7 Å². The first-order valence-electron chi connectivity index (χ1n) is 14.6. The van der Waals surface area contributed by atoms with Crippen molar-refractivity contribution in [2.75, 3.05) is 20.2 Å². The van der Waals surface area contributed by atoms with Gasteiger partial charge in [-0.1, -0.05) is 58.0 Å². The van der Waals surface area contributed by atoms with Gasteiger partial charge in [-0.05, 0) is 24.0 Å². The van der Waals surface area contributed by atoms with Crippen molar-refractivity contribution in [3.8, 4) is 22.5 Å². The number of nitrogens with zero attached hydrogens (tertiary/aromatic N) is 4. The fourth-order valence-corrected chi connectivity index (χ4v) is 5.79. The Morgan fingerprint density at radius 1 is 1.11 bits per heavy atom. The van der Waals surface area contributed by atoms with Crippen LogP contribution in [0.5, 0.6) is 5.75 Å². The molecular formula is C33H36N6O4S. The highest BCUT2D eigenvalue weighted by Gasteiger charge is 2.30. The molecule has 1 fully saturated rings. The molecule has 11 heteroatoms. The number of aromatic amines is 1. The Hall–Kier alpha value is -4.82. The average Bonchev–Trinajstić information content (AvgIpc) is 3.73. The quantitative estimate of drug-likeness (QED) is 0.146. The molecule has 2 N–H and O–H groups in total. The Bertz CT molecular complexity index is 1720. The van der Waals surface area contributed by atoms with Gasteiger partial charge in [0.15, 0.2) is 0 Å². The van der Waals surface area contributed by atoms with Gasteiger partial charge in [0.05, 0.1) is 48.0 Å². The van der Waals surface area contributed by atoms with Crippen LogP contribution in [0.15, 0.2) is 54.5 Å². The van der Waals surface area contributed by atoms with Crippen molar-refractivity contribution in [1.82, 2.24) is 25.2 Å². The number of hydrogen-bond donors (Lipinski definition) is 2. The number of aromatic nitrogens is 3. The van der Waals surface area contributed by atoms with Crippen LogP contribution < -0.4 is 10.1 Å². The van der Waals surface area contributed by atoms with E-state index in [0.717, 1.165) is 16.0 Å². The lowest BCUT2D eigenvalue weighted by atomic mass is 9.93. The van der Waals surface area contributed by atoms with Crippen LogP contribution in [0.1, 0.15) is 61.3 Å². The number of ketones is 1. The van der Waals surface area contributed by atoms with Gasteiger partial charge in [0.2, 0.25) is 5.91 Å². The first-order chi connectivity index (χ1) is 21.3. The standard InChI is InChI=1S/C31H30N6O4S.C2H6/c1-18(2)29(39)35-14-21-15-36-30(42-21)27-26-25(24(41-3)17-34-27)23(16-33-26)28(38)31(40)37-11-9-20(10-12-37)22(13-32)19-7-5-4-6-8-19;1-2/h4-8,15-18,33H,9-12,14H2,1-3H3,(H,35,39);1-2H3. The maximum absolute atomic E-state index is 13.5. The summed E-state index contributed by atoms with van der Waals surface area (Å²) < 4.78 is 5.52. The van der Waals surface area contributed by atoms with E-state index in [-0.39, 0.29) is 17.4 Å². The largest absolute Gasteiger partial charge is 0.494 e. The number of allylic oxidation sites excluding steroid dienone is 1. The lowest BCUT2D eigenvalue weighted by Gasteiger charge is -2.28. The zero-order valence-corrected chi connectivity index (χ0v) is 26.4. The molecule has 4 heterocycles. The molecule has 5 rings (SSSR count). The number of nitrogens with one attached hydrogen (secondary N) is 2. The predicted octanol–water partition coefficient (Wildman–Crippen LogP) is 5.78. The van der Waals surface area contributed by atoms with E-state index in [0.29, 0.717) is 65.4 Å². The normalized spacial score (nSPS) is 12.8. The van der Waals surface area contributed by atoms with Gasteiger partial charge in [-0.25, -0.2) is 9.97 Å². The van der Waals surface area contributed by atoms with E-state index in [4.69, 9.17) is 4.74 Å². The van der Waals surface area contributed by atoms with E-state index in [2.05, 4.69) is 26.3 Å². The number of piperidine rings is 1. The van der Waals surface area contributed by atoms with Crippen LogP contribution in [-0.4, -0.2) is 57.6 Å². The van der Waals surface area contributed by atoms with Crippen LogP contribution in [0, 0.1) is 17.2 Å². The van der Waals surface area contributed by atoms with E-state index in [9.17, 15) is 19.6 Å². The second-order valence-electron chi connectivity index (χ2n) is 10.2. The van der Waals surface area contributed by atoms with Gasteiger partial charge in [-0.15, -0.1) is 11.3 Å². The molecule has 0 bridgehead atoms. The van der Waals surface area contributed by atoms with Crippen molar-refractivity contribution in [2.45, 2.75) is 47.1 Å². The second-order valence-corrected chi connectivity index (χ2v) is 11.3. The molecule has 0 radical (unpaired) electrons. The number of Topliss-reactive ketones (excluding diaryl/α,β-unsaturated/α-hetero) is 1. The molecule has 4 aromatic rings. The van der Waals surface area contributed by atoms with Gasteiger partial charge in [0.1, 0.15) is 16.5 Å². The van der Waals surface area contributed by atoms with Crippen molar-refractivity contribution >= 4 is 45.4 Å². The van der Waals surface area contributed by atoms with Gasteiger partial charge in [-0.3, -0.25) is 14.4 Å². The average molecular weight is 613 g/mol. The minimum absolute atomic E-state index is 0.0465. The summed E-state index contributed by atoms with van der Waals surface area (Å²) in [4.78, 5) is 53.4. The summed E-state index contributed by atoms with van der Waals surface area (Å²) in [6.07, 6.45) is 5.75. The van der Waals surface area contributed by atoms with Gasteiger partial charge in [-0.2, -0.15) is 5.26 Å². The van der Waals surface area contributed by atoms with Crippen molar-refractivity contribution in [3.05, 3.63) is 70.5 Å². The number of hydrogen-bond acceptors (Lipinski definition) is 8. The molecule has 1 saturated heterocycles. The number of rotatable bonds is 8. The zero-order chi connectivity index (χ0) is 31.8. The van der Waals surface area contributed by atoms with Crippen molar-refractivity contribution < 1.29 is 19.1 Å². The topological polar surface area (TPSA) is 141 Å². The first-order valence-corrected chi connectivity index (χ1v) is 15.4. The van der Waals surface area contributed by atoms with Crippen molar-refractivity contribution in [3.63, 3.8) is 0 Å². The lowest BCUT2D eigenvalue weighted by molar-refractivity contribution is -0.127. The van der Waals surface area contributed by atoms with Crippen LogP contribution in [0.3, 0.4) is 0 Å². The first kappa shape index (κ1) is 32.1. The Balaban J connectivity index is 0.00000216. The third-order valence-electron chi connectivity index (χ3n) is 7.23. The Kier molecular flexibility index (Phi) is 10.6. The van der Waals surface area contributed by atoms with Crippen LogP contribution >= 0.6 is 11.3 Å². The fourth-order valence-electron chi connectivity index (χ4n) is 4.93. The number of pyridine rings is 1. The number of fused-ring (bicyclic) bond motifs is 1. The number of likely N-dealkylation sites (tertiary alicyclic amines) is 1. The molecule has 0 unspecified atom stereocenters. The highest BCUT2D eigenvalue weighted by atomic mass is 32.1. The van der Waals surface area contributed by atoms with Crippen LogP contribution in [0.4, 0.5) is 0 Å². The lowest BCUT2D eigenvalue weighted by Crippen LogP contribution is -2.40. The zero-order valence-electron chi connectivity index (χ0n) is 25.6. The maximum Gasteiger partial charge on any atom is 0.295 e. The van der Waals surface area contributed by atoms with Gasteiger partial charge in [0.25, 0.3) is 11.7 Å². The SMILES string of the molecule is CC.COc1cnc(-c2ncc(CNC(=O)C(C)C)s2)c2[nH]cc(C(=O)C(=O)N3CCC(=C(C#N)c4ccccc4)CC3)c12. The number of benzene rings is 1. The maximum atomic E-state index is 13.5. The second kappa shape index (κ2) is 14.6. The molecule has 1 aliphatic heterocycles. The highest BCUT2D eigenvalue weighted by Crippen LogP contribution is 2.36. The molecule has 44 heavy (non-hydrogen) atoms. The van der Waals surface area contributed by atoms with E-state index in [1.165, 1.54) is 35.7 Å². The predicted molar refractivity (Wildman–Crippen MR) is 171 cm³/mol. The number of nitriles is 1. The molecule has 0 spiro atoms.